The second-order valence-electron chi connectivity index (χ2n) is 4.40. The van der Waals surface area contributed by atoms with Crippen molar-refractivity contribution in [2.24, 2.45) is 0 Å². The Hall–Kier alpha value is 0.434. The van der Waals surface area contributed by atoms with Crippen LogP contribution in [0.15, 0.2) is 0 Å². The zero-order chi connectivity index (χ0) is 18.1. The monoisotopic (exact) mass is 369 g/mol. The van der Waals surface area contributed by atoms with Crippen LogP contribution in [0.25, 0.3) is 17.2 Å². The third-order valence-electron chi connectivity index (χ3n) is 1.66. The van der Waals surface area contributed by atoms with E-state index in [4.69, 9.17) is 22.3 Å². The number of hydrogen-bond acceptors (Lipinski definition) is 4. The molecule has 0 aromatic heterocycles. The van der Waals surface area contributed by atoms with E-state index in [0.29, 0.717) is 19.6 Å². The molecule has 0 unspecified atom stereocenters. The fourth-order valence-electron chi connectivity index (χ4n) is 0.795. The number of aliphatic hydroxyl groups excluding tert-OH is 1. The maximum atomic E-state index is 8.06. The molecule has 0 atom stereocenters. The number of aliphatic hydroxyl groups is 1. The first-order valence-corrected chi connectivity index (χ1v) is 8.22. The van der Waals surface area contributed by atoms with Gasteiger partial charge in [-0.05, 0) is 53.1 Å². The van der Waals surface area contributed by atoms with Crippen LogP contribution in [0.2, 0.25) is 0 Å². The largest absolute Gasteiger partial charge is 3.00 e. The van der Waals surface area contributed by atoms with Crippen LogP contribution in [0.5, 0.6) is 0 Å². The van der Waals surface area contributed by atoms with E-state index in [1.54, 1.807) is 13.8 Å². The Bertz CT molecular complexity index is 111. The van der Waals surface area contributed by atoms with Crippen LogP contribution in [0.1, 0.15) is 34.6 Å². The van der Waals surface area contributed by atoms with Crippen molar-refractivity contribution in [2.45, 2.75) is 40.7 Å². The van der Waals surface area contributed by atoms with Crippen LogP contribution in [-0.4, -0.2) is 70.1 Å². The van der Waals surface area contributed by atoms with E-state index in [-0.39, 0.29) is 27.8 Å². The van der Waals surface area contributed by atoms with Crippen LogP contribution in [0.3, 0.4) is 0 Å². The molecular formula is C15H41N6OTi. The Morgan fingerprint density at radius 3 is 0.913 bits per heavy atom. The van der Waals surface area contributed by atoms with Gasteiger partial charge >= 0.3 is 21.7 Å². The molecule has 7 N–H and O–H groups in total. The Morgan fingerprint density at radius 1 is 0.696 bits per heavy atom. The quantitative estimate of drug-likeness (QED) is 0.367. The maximum absolute atomic E-state index is 8.06. The van der Waals surface area contributed by atoms with Gasteiger partial charge in [0.15, 0.2) is 0 Å². The summed E-state index contributed by atoms with van der Waals surface area (Å²) in [5, 5.41) is 17.1. The predicted octanol–water partition coefficient (Wildman–Crippen LogP) is 2.33. The summed E-state index contributed by atoms with van der Waals surface area (Å²) in [6.07, 6.45) is -0.167. The van der Waals surface area contributed by atoms with E-state index < -0.39 is 0 Å². The molecule has 141 valence electrons. The zero-order valence-corrected chi connectivity index (χ0v) is 17.5. The van der Waals surface area contributed by atoms with Gasteiger partial charge in [-0.25, -0.2) is 0 Å². The van der Waals surface area contributed by atoms with Crippen molar-refractivity contribution in [2.75, 3.05) is 58.9 Å². The average Bonchev–Trinajstić information content (AvgIpc) is 2.49. The molecule has 0 spiro atoms. The van der Waals surface area contributed by atoms with E-state index in [1.165, 1.54) is 0 Å². The number of hydrogen-bond donors (Lipinski definition) is 4. The van der Waals surface area contributed by atoms with Crippen molar-refractivity contribution in [1.82, 2.24) is 16.0 Å². The molecule has 7 nitrogen and oxygen atoms in total. The molecule has 0 aliphatic rings. The van der Waals surface area contributed by atoms with Crippen LogP contribution in [0.4, 0.5) is 0 Å². The van der Waals surface area contributed by atoms with Crippen molar-refractivity contribution in [3.05, 3.63) is 17.2 Å². The van der Waals surface area contributed by atoms with Gasteiger partial charge in [0.2, 0.25) is 0 Å². The van der Waals surface area contributed by atoms with Crippen LogP contribution in [0, 0.1) is 0 Å². The van der Waals surface area contributed by atoms with Gasteiger partial charge < -0.3 is 38.3 Å². The summed E-state index contributed by atoms with van der Waals surface area (Å²) in [6, 6.07) is 0. The summed E-state index contributed by atoms with van der Waals surface area (Å²) >= 11 is 0. The second kappa shape index (κ2) is 43.3. The van der Waals surface area contributed by atoms with Crippen LogP contribution in [-0.2, 0) is 21.7 Å². The minimum Gasteiger partial charge on any atom is -0.676 e. The molecule has 0 aromatic carbocycles. The van der Waals surface area contributed by atoms with Gasteiger partial charge in [0, 0.05) is 6.10 Å². The van der Waals surface area contributed by atoms with Crippen molar-refractivity contribution in [3.8, 4) is 0 Å². The minimum atomic E-state index is -0.167. The molecule has 23 heavy (non-hydrogen) atoms. The fraction of sp³-hybridized carbons (Fsp3) is 1.00. The minimum absolute atomic E-state index is 0. The number of rotatable bonds is 9. The fourth-order valence-corrected chi connectivity index (χ4v) is 0.795. The first kappa shape index (κ1) is 34.7. The second-order valence-corrected chi connectivity index (χ2v) is 4.40. The van der Waals surface area contributed by atoms with Gasteiger partial charge in [0.1, 0.15) is 0 Å². The Kier molecular flexibility index (Phi) is 65.3. The standard InChI is InChI=1S/3C4H11N2.C3H8O.Ti/c3*1-2-6-4-3-5;1-3(2)4;/h3*5-6H,2-4H2,1H3;3-4H,1-2H3;/q3*-1;;+3. The zero-order valence-electron chi connectivity index (χ0n) is 15.9. The summed E-state index contributed by atoms with van der Waals surface area (Å²) in [4.78, 5) is 0. The molecule has 0 fully saturated rings. The molecule has 0 aromatic rings. The van der Waals surface area contributed by atoms with E-state index in [0.717, 1.165) is 39.3 Å². The van der Waals surface area contributed by atoms with Crippen molar-refractivity contribution >= 4 is 0 Å². The molecule has 8 heteroatoms. The van der Waals surface area contributed by atoms with Crippen molar-refractivity contribution in [1.29, 1.82) is 0 Å². The third-order valence-corrected chi connectivity index (χ3v) is 1.66. The smallest absolute Gasteiger partial charge is 0.676 e. The topological polar surface area (TPSA) is 128 Å². The third kappa shape index (κ3) is 105. The number of nitrogens with one attached hydrogen (secondary N) is 6. The van der Waals surface area contributed by atoms with Crippen LogP contribution >= 0.6 is 0 Å². The summed E-state index contributed by atoms with van der Waals surface area (Å²) in [5.41, 5.74) is 19.9. The molecule has 0 amide bonds. The SMILES string of the molecule is CC(C)O.CCNCC[NH-].CCNCC[NH-].CCNCC[NH-].[Ti+3]. The molecule has 0 heterocycles. The first-order valence-electron chi connectivity index (χ1n) is 8.22. The summed E-state index contributed by atoms with van der Waals surface area (Å²) in [7, 11) is 0. The van der Waals surface area contributed by atoms with E-state index >= 15 is 0 Å². The van der Waals surface area contributed by atoms with Crippen molar-refractivity contribution < 1.29 is 26.8 Å². The van der Waals surface area contributed by atoms with Gasteiger partial charge in [-0.15, -0.1) is 19.6 Å². The van der Waals surface area contributed by atoms with Gasteiger partial charge in [0.25, 0.3) is 0 Å². The molecule has 0 aliphatic heterocycles. The molecule has 0 rings (SSSR count). The van der Waals surface area contributed by atoms with Gasteiger partial charge in [-0.1, -0.05) is 20.8 Å². The summed E-state index contributed by atoms with van der Waals surface area (Å²) < 4.78 is 0. The maximum Gasteiger partial charge on any atom is 3.00 e. The Morgan fingerprint density at radius 2 is 0.870 bits per heavy atom. The normalized spacial score (nSPS) is 8.61. The van der Waals surface area contributed by atoms with Crippen LogP contribution < -0.4 is 16.0 Å². The number of likely N-dealkylation sites (N-methyl/N-ethyl adjacent to an activating group) is 3. The molecule has 0 aliphatic carbocycles. The molecule has 0 bridgehead atoms. The molecule has 0 saturated heterocycles. The first-order chi connectivity index (χ1) is 10.5. The summed E-state index contributed by atoms with van der Waals surface area (Å²) in [6.45, 7) is 16.5. The molecule has 0 saturated carbocycles. The predicted molar refractivity (Wildman–Crippen MR) is 101 cm³/mol. The Labute approximate surface area is 159 Å². The summed E-state index contributed by atoms with van der Waals surface area (Å²) in [5.74, 6) is 0. The average molecular weight is 369 g/mol. The van der Waals surface area contributed by atoms with E-state index in [2.05, 4.69) is 16.0 Å². The Balaban J connectivity index is -0.0000000624. The van der Waals surface area contributed by atoms with Gasteiger partial charge in [0.05, 0.1) is 0 Å². The molecular weight excluding hydrogens is 328 g/mol. The van der Waals surface area contributed by atoms with Gasteiger partial charge in [-0.3, -0.25) is 0 Å². The van der Waals surface area contributed by atoms with Gasteiger partial charge in [-0.2, -0.15) is 0 Å². The van der Waals surface area contributed by atoms with E-state index in [9.17, 15) is 0 Å². The van der Waals surface area contributed by atoms with Crippen molar-refractivity contribution in [3.63, 3.8) is 0 Å². The molecule has 1 radical (unpaired) electrons. The van der Waals surface area contributed by atoms with E-state index in [1.807, 2.05) is 20.8 Å².